The van der Waals surface area contributed by atoms with Crippen LogP contribution in [0.25, 0.3) is 0 Å². The summed E-state index contributed by atoms with van der Waals surface area (Å²) < 4.78 is 10.7. The SMILES string of the molecule is COc1ccc(Cl)cc1C(=O)N1C[C@@H](CN2CCOCC2)[C@@H](CO)C1. The summed E-state index contributed by atoms with van der Waals surface area (Å²) in [7, 11) is 1.54. The molecule has 0 saturated carbocycles. The van der Waals surface area contributed by atoms with Gasteiger partial charge in [0.1, 0.15) is 5.75 Å². The number of carbonyl (C=O) groups excluding carboxylic acids is 1. The third-order valence-electron chi connectivity index (χ3n) is 5.09. The second-order valence-corrected chi connectivity index (χ2v) is 7.11. The van der Waals surface area contributed by atoms with Crippen LogP contribution in [0, 0.1) is 11.8 Å². The van der Waals surface area contributed by atoms with Gasteiger partial charge in [-0.2, -0.15) is 0 Å². The Morgan fingerprint density at radius 1 is 1.32 bits per heavy atom. The summed E-state index contributed by atoms with van der Waals surface area (Å²) in [5, 5.41) is 10.3. The van der Waals surface area contributed by atoms with E-state index in [1.54, 1.807) is 30.2 Å². The maximum absolute atomic E-state index is 13.0. The van der Waals surface area contributed by atoms with Gasteiger partial charge in [0.25, 0.3) is 5.91 Å². The highest BCUT2D eigenvalue weighted by molar-refractivity contribution is 6.31. The number of rotatable bonds is 5. The maximum atomic E-state index is 13.0. The fourth-order valence-electron chi connectivity index (χ4n) is 3.65. The van der Waals surface area contributed by atoms with Crippen LogP contribution in [0.5, 0.6) is 5.75 Å². The van der Waals surface area contributed by atoms with Crippen LogP contribution in [-0.2, 0) is 4.74 Å². The standard InChI is InChI=1S/C18H25ClN2O4/c1-24-17-3-2-15(19)8-16(17)18(23)21-10-13(14(11-21)12-22)9-20-4-6-25-7-5-20/h2-3,8,13-14,22H,4-7,9-12H2,1H3/t13-,14-/m1/s1. The lowest BCUT2D eigenvalue weighted by Gasteiger charge is -2.30. The lowest BCUT2D eigenvalue weighted by molar-refractivity contribution is 0.0264. The van der Waals surface area contributed by atoms with Crippen molar-refractivity contribution in [3.8, 4) is 5.75 Å². The summed E-state index contributed by atoms with van der Waals surface area (Å²) in [5.74, 6) is 0.781. The number of ether oxygens (including phenoxy) is 2. The molecule has 0 bridgehead atoms. The van der Waals surface area contributed by atoms with Crippen LogP contribution in [0.2, 0.25) is 5.02 Å². The van der Waals surface area contributed by atoms with E-state index in [0.29, 0.717) is 29.4 Å². The normalized spacial score (nSPS) is 24.5. The third kappa shape index (κ3) is 4.26. The highest BCUT2D eigenvalue weighted by Crippen LogP contribution is 2.29. The van der Waals surface area contributed by atoms with E-state index in [1.165, 1.54) is 0 Å². The van der Waals surface area contributed by atoms with E-state index < -0.39 is 0 Å². The van der Waals surface area contributed by atoms with Gasteiger partial charge in [-0.05, 0) is 24.1 Å². The number of hydrogen-bond donors (Lipinski definition) is 1. The second-order valence-electron chi connectivity index (χ2n) is 6.67. The first-order chi connectivity index (χ1) is 12.1. The number of benzene rings is 1. The Hall–Kier alpha value is -1.34. The lowest BCUT2D eigenvalue weighted by Crippen LogP contribution is -2.41. The first-order valence-corrected chi connectivity index (χ1v) is 9.04. The first-order valence-electron chi connectivity index (χ1n) is 8.66. The summed E-state index contributed by atoms with van der Waals surface area (Å²) in [4.78, 5) is 17.1. The van der Waals surface area contributed by atoms with Crippen molar-refractivity contribution >= 4 is 17.5 Å². The van der Waals surface area contributed by atoms with Crippen molar-refractivity contribution in [2.45, 2.75) is 0 Å². The van der Waals surface area contributed by atoms with Crippen LogP contribution in [0.3, 0.4) is 0 Å². The summed E-state index contributed by atoms with van der Waals surface area (Å²) in [6, 6.07) is 5.06. The lowest BCUT2D eigenvalue weighted by atomic mass is 9.96. The Morgan fingerprint density at radius 2 is 2.04 bits per heavy atom. The van der Waals surface area contributed by atoms with Gasteiger partial charge in [0.05, 0.1) is 25.9 Å². The smallest absolute Gasteiger partial charge is 0.257 e. The molecular weight excluding hydrogens is 344 g/mol. The van der Waals surface area contributed by atoms with Gasteiger partial charge in [-0.15, -0.1) is 0 Å². The number of methoxy groups -OCH3 is 1. The third-order valence-corrected chi connectivity index (χ3v) is 5.32. The molecular formula is C18H25ClN2O4. The molecule has 2 fully saturated rings. The fourth-order valence-corrected chi connectivity index (χ4v) is 3.82. The van der Waals surface area contributed by atoms with Crippen molar-refractivity contribution in [3.05, 3.63) is 28.8 Å². The van der Waals surface area contributed by atoms with Crippen molar-refractivity contribution in [3.63, 3.8) is 0 Å². The molecule has 0 unspecified atom stereocenters. The van der Waals surface area contributed by atoms with Gasteiger partial charge < -0.3 is 19.5 Å². The fraction of sp³-hybridized carbons (Fsp3) is 0.611. The van der Waals surface area contributed by atoms with Crippen LogP contribution < -0.4 is 4.74 Å². The molecule has 1 aromatic carbocycles. The van der Waals surface area contributed by atoms with E-state index in [2.05, 4.69) is 4.90 Å². The minimum atomic E-state index is -0.0951. The number of likely N-dealkylation sites (tertiary alicyclic amines) is 1. The van der Waals surface area contributed by atoms with Gasteiger partial charge in [0.15, 0.2) is 0 Å². The van der Waals surface area contributed by atoms with Gasteiger partial charge in [0.2, 0.25) is 0 Å². The van der Waals surface area contributed by atoms with E-state index >= 15 is 0 Å². The molecule has 1 aromatic rings. The van der Waals surface area contributed by atoms with Crippen LogP contribution in [-0.4, -0.2) is 80.5 Å². The highest BCUT2D eigenvalue weighted by atomic mass is 35.5. The van der Waals surface area contributed by atoms with E-state index in [0.717, 1.165) is 32.8 Å². The Balaban J connectivity index is 1.70. The number of morpholine rings is 1. The molecule has 3 rings (SSSR count). The Bertz CT molecular complexity index is 607. The molecule has 1 N–H and O–H groups in total. The molecule has 2 atom stereocenters. The van der Waals surface area contributed by atoms with Gasteiger partial charge in [-0.1, -0.05) is 11.6 Å². The van der Waals surface area contributed by atoms with Crippen molar-refractivity contribution in [1.29, 1.82) is 0 Å². The maximum Gasteiger partial charge on any atom is 0.257 e. The molecule has 138 valence electrons. The van der Waals surface area contributed by atoms with Crippen molar-refractivity contribution in [2.75, 3.05) is 59.7 Å². The Kier molecular flexibility index (Phi) is 6.17. The van der Waals surface area contributed by atoms with Gasteiger partial charge in [-0.3, -0.25) is 9.69 Å². The number of aliphatic hydroxyl groups is 1. The predicted molar refractivity (Wildman–Crippen MR) is 95.2 cm³/mol. The zero-order chi connectivity index (χ0) is 17.8. The molecule has 7 heteroatoms. The average Bonchev–Trinajstić information content (AvgIpc) is 3.04. The number of hydrogen-bond acceptors (Lipinski definition) is 5. The Morgan fingerprint density at radius 3 is 2.72 bits per heavy atom. The van der Waals surface area contributed by atoms with Crippen LogP contribution in [0.15, 0.2) is 18.2 Å². The van der Waals surface area contributed by atoms with Crippen molar-refractivity contribution in [1.82, 2.24) is 9.80 Å². The minimum absolute atomic E-state index is 0.0888. The molecule has 2 aliphatic heterocycles. The molecule has 0 aliphatic carbocycles. The highest BCUT2D eigenvalue weighted by Gasteiger charge is 2.37. The first kappa shape index (κ1) is 18.5. The molecule has 6 nitrogen and oxygen atoms in total. The van der Waals surface area contributed by atoms with Crippen molar-refractivity contribution < 1.29 is 19.4 Å². The second kappa shape index (κ2) is 8.36. The zero-order valence-electron chi connectivity index (χ0n) is 14.5. The number of aliphatic hydroxyl groups excluding tert-OH is 1. The summed E-state index contributed by atoms with van der Waals surface area (Å²) >= 11 is 6.05. The van der Waals surface area contributed by atoms with E-state index in [1.807, 2.05) is 0 Å². The number of carbonyl (C=O) groups is 1. The molecule has 2 aliphatic rings. The quantitative estimate of drug-likeness (QED) is 0.850. The topological polar surface area (TPSA) is 62.2 Å². The Labute approximate surface area is 153 Å². The molecule has 0 radical (unpaired) electrons. The molecule has 1 amide bonds. The van der Waals surface area contributed by atoms with Crippen LogP contribution in [0.1, 0.15) is 10.4 Å². The largest absolute Gasteiger partial charge is 0.496 e. The summed E-state index contributed by atoms with van der Waals surface area (Å²) in [6.45, 7) is 5.47. The molecule has 0 aromatic heterocycles. The molecule has 0 spiro atoms. The number of amides is 1. The van der Waals surface area contributed by atoms with Gasteiger partial charge >= 0.3 is 0 Å². The number of halogens is 1. The van der Waals surface area contributed by atoms with E-state index in [9.17, 15) is 9.90 Å². The number of nitrogens with zero attached hydrogens (tertiary/aromatic N) is 2. The van der Waals surface area contributed by atoms with Gasteiger partial charge in [0, 0.05) is 50.3 Å². The van der Waals surface area contributed by atoms with Crippen molar-refractivity contribution in [2.24, 2.45) is 11.8 Å². The van der Waals surface area contributed by atoms with E-state index in [4.69, 9.17) is 21.1 Å². The predicted octanol–water partition coefficient (Wildman–Crippen LogP) is 1.36. The van der Waals surface area contributed by atoms with Crippen LogP contribution in [0.4, 0.5) is 0 Å². The van der Waals surface area contributed by atoms with Gasteiger partial charge in [-0.25, -0.2) is 0 Å². The average molecular weight is 369 g/mol. The summed E-state index contributed by atoms with van der Waals surface area (Å²) in [6.07, 6.45) is 0. The summed E-state index contributed by atoms with van der Waals surface area (Å²) in [5.41, 5.74) is 0.471. The monoisotopic (exact) mass is 368 g/mol. The zero-order valence-corrected chi connectivity index (χ0v) is 15.2. The molecule has 2 saturated heterocycles. The van der Waals surface area contributed by atoms with E-state index in [-0.39, 0.29) is 24.3 Å². The molecule has 2 heterocycles. The minimum Gasteiger partial charge on any atom is -0.496 e. The molecule has 25 heavy (non-hydrogen) atoms. The van der Waals surface area contributed by atoms with Crippen LogP contribution >= 0.6 is 11.6 Å².